The highest BCUT2D eigenvalue weighted by molar-refractivity contribution is 7.99. The number of thioether (sulfide) groups is 1. The molecule has 1 aliphatic rings. The van der Waals surface area contributed by atoms with Crippen LogP contribution >= 0.6 is 11.8 Å². The van der Waals surface area contributed by atoms with E-state index in [0.717, 1.165) is 11.8 Å². The molecule has 1 aliphatic heterocycles. The topological polar surface area (TPSA) is 95.7 Å². The first kappa shape index (κ1) is 20.8. The zero-order valence-electron chi connectivity index (χ0n) is 15.8. The van der Waals surface area contributed by atoms with Crippen LogP contribution in [0.3, 0.4) is 0 Å². The molecule has 3 aromatic rings. The maximum atomic E-state index is 13.7. The van der Waals surface area contributed by atoms with Gasteiger partial charge in [0.1, 0.15) is 0 Å². The lowest BCUT2D eigenvalue weighted by Crippen LogP contribution is -2.25. The van der Waals surface area contributed by atoms with Gasteiger partial charge in [0.15, 0.2) is 29.2 Å². The molecule has 1 atom stereocenters. The zero-order chi connectivity index (χ0) is 22.0. The predicted octanol–water partition coefficient (Wildman–Crippen LogP) is 4.40. The van der Waals surface area contributed by atoms with Crippen LogP contribution in [-0.4, -0.2) is 28.2 Å². The molecule has 8 nitrogen and oxygen atoms in total. The fraction of sp³-hybridized carbons (Fsp3) is 0.211. The van der Waals surface area contributed by atoms with Crippen LogP contribution in [-0.2, 0) is 4.79 Å². The Morgan fingerprint density at radius 1 is 1.19 bits per heavy atom. The minimum absolute atomic E-state index is 0.0447. The van der Waals surface area contributed by atoms with E-state index < -0.39 is 24.1 Å². The summed E-state index contributed by atoms with van der Waals surface area (Å²) in [5.74, 6) is -1.19. The van der Waals surface area contributed by atoms with Crippen LogP contribution < -0.4 is 19.5 Å². The van der Waals surface area contributed by atoms with Gasteiger partial charge < -0.3 is 23.9 Å². The van der Waals surface area contributed by atoms with Crippen molar-refractivity contribution in [2.75, 3.05) is 11.1 Å². The van der Waals surface area contributed by atoms with Crippen LogP contribution in [0.25, 0.3) is 0 Å². The summed E-state index contributed by atoms with van der Waals surface area (Å²) in [4.78, 5) is 12.1. The number of benzene rings is 2. The molecule has 0 bridgehead atoms. The van der Waals surface area contributed by atoms with Gasteiger partial charge in [0, 0.05) is 11.8 Å². The monoisotopic (exact) mass is 453 g/mol. The van der Waals surface area contributed by atoms with Crippen LogP contribution in [0.15, 0.2) is 52.1 Å². The third-order valence-corrected chi connectivity index (χ3v) is 4.74. The van der Waals surface area contributed by atoms with Crippen LogP contribution in [0, 0.1) is 5.82 Å². The quantitative estimate of drug-likeness (QED) is 0.526. The molecule has 31 heavy (non-hydrogen) atoms. The first-order valence-corrected chi connectivity index (χ1v) is 9.85. The molecule has 1 amide bonds. The van der Waals surface area contributed by atoms with E-state index in [4.69, 9.17) is 9.15 Å². The maximum absolute atomic E-state index is 13.7. The number of hydrogen-bond acceptors (Lipinski definition) is 8. The molecule has 2 heterocycles. The van der Waals surface area contributed by atoms with E-state index in [1.807, 2.05) is 0 Å². The molecular weight excluding hydrogens is 439 g/mol. The SMILES string of the molecule is C[C@H](Oc1ccccc1F)c1nnc(SCC(=O)Nc2ccc3c(c2)OC(F)(F)O3)o1. The smallest absolute Gasteiger partial charge is 0.478 e. The van der Waals surface area contributed by atoms with Crippen molar-refractivity contribution in [1.29, 1.82) is 0 Å². The van der Waals surface area contributed by atoms with E-state index in [9.17, 15) is 18.0 Å². The number of anilines is 1. The van der Waals surface area contributed by atoms with E-state index in [2.05, 4.69) is 25.0 Å². The van der Waals surface area contributed by atoms with Crippen molar-refractivity contribution in [1.82, 2.24) is 10.2 Å². The van der Waals surface area contributed by atoms with E-state index >= 15 is 0 Å². The van der Waals surface area contributed by atoms with Crippen molar-refractivity contribution in [3.8, 4) is 17.2 Å². The van der Waals surface area contributed by atoms with Crippen molar-refractivity contribution in [3.05, 3.63) is 54.2 Å². The third kappa shape index (κ3) is 5.02. The van der Waals surface area contributed by atoms with Crippen LogP contribution in [0.2, 0.25) is 0 Å². The Labute approximate surface area is 177 Å². The number of aromatic nitrogens is 2. The summed E-state index contributed by atoms with van der Waals surface area (Å²) in [7, 11) is 0. The minimum atomic E-state index is -3.73. The lowest BCUT2D eigenvalue weighted by Gasteiger charge is -2.11. The van der Waals surface area contributed by atoms with Gasteiger partial charge in [0.25, 0.3) is 11.1 Å². The Morgan fingerprint density at radius 3 is 2.77 bits per heavy atom. The second kappa shape index (κ2) is 8.38. The van der Waals surface area contributed by atoms with Crippen LogP contribution in [0.4, 0.5) is 18.9 Å². The first-order valence-electron chi connectivity index (χ1n) is 8.86. The summed E-state index contributed by atoms with van der Waals surface area (Å²) in [6.45, 7) is 1.62. The fourth-order valence-corrected chi connectivity index (χ4v) is 3.14. The van der Waals surface area contributed by atoms with Gasteiger partial charge in [-0.15, -0.1) is 19.0 Å². The number of para-hydroxylation sites is 1. The molecule has 0 fully saturated rings. The highest BCUT2D eigenvalue weighted by atomic mass is 32.2. The number of carbonyl (C=O) groups is 1. The fourth-order valence-electron chi connectivity index (χ4n) is 2.58. The highest BCUT2D eigenvalue weighted by Crippen LogP contribution is 2.42. The average Bonchev–Trinajstić information content (AvgIpc) is 3.30. The van der Waals surface area contributed by atoms with Crippen molar-refractivity contribution in [2.24, 2.45) is 0 Å². The summed E-state index contributed by atoms with van der Waals surface area (Å²) in [6, 6.07) is 9.80. The summed E-state index contributed by atoms with van der Waals surface area (Å²) in [6.07, 6.45) is -4.44. The van der Waals surface area contributed by atoms with Gasteiger partial charge in [-0.1, -0.05) is 23.9 Å². The molecule has 1 N–H and O–H groups in total. The number of carbonyl (C=O) groups excluding carboxylic acids is 1. The Hall–Kier alpha value is -3.41. The van der Waals surface area contributed by atoms with E-state index in [1.54, 1.807) is 13.0 Å². The third-order valence-electron chi connectivity index (χ3n) is 3.92. The lowest BCUT2D eigenvalue weighted by atomic mass is 10.3. The van der Waals surface area contributed by atoms with Gasteiger partial charge in [-0.05, 0) is 31.2 Å². The molecule has 0 radical (unpaired) electrons. The molecule has 4 rings (SSSR count). The number of rotatable bonds is 7. The van der Waals surface area contributed by atoms with Crippen molar-refractivity contribution in [3.63, 3.8) is 0 Å². The number of nitrogens with one attached hydrogen (secondary N) is 1. The van der Waals surface area contributed by atoms with E-state index in [-0.39, 0.29) is 39.8 Å². The molecule has 0 aliphatic carbocycles. The summed E-state index contributed by atoms with van der Waals surface area (Å²) in [5.41, 5.74) is 0.253. The number of nitrogens with zero attached hydrogens (tertiary/aromatic N) is 2. The van der Waals surface area contributed by atoms with Crippen molar-refractivity contribution >= 4 is 23.4 Å². The normalized spacial score (nSPS) is 14.8. The molecule has 2 aromatic carbocycles. The van der Waals surface area contributed by atoms with Gasteiger partial charge in [0.2, 0.25) is 5.91 Å². The van der Waals surface area contributed by atoms with E-state index in [0.29, 0.717) is 0 Å². The van der Waals surface area contributed by atoms with Crippen molar-refractivity contribution < 1.29 is 36.6 Å². The highest BCUT2D eigenvalue weighted by Gasteiger charge is 2.43. The molecule has 1 aromatic heterocycles. The van der Waals surface area contributed by atoms with Gasteiger partial charge >= 0.3 is 6.29 Å². The molecular formula is C19H14F3N3O5S. The Bertz CT molecular complexity index is 1110. The maximum Gasteiger partial charge on any atom is 0.586 e. The molecule has 12 heteroatoms. The van der Waals surface area contributed by atoms with Crippen LogP contribution in [0.5, 0.6) is 17.2 Å². The first-order chi connectivity index (χ1) is 14.8. The molecule has 0 saturated heterocycles. The van der Waals surface area contributed by atoms with Crippen molar-refractivity contribution in [2.45, 2.75) is 24.5 Å². The largest absolute Gasteiger partial charge is 0.586 e. The second-order valence-electron chi connectivity index (χ2n) is 6.26. The summed E-state index contributed by atoms with van der Waals surface area (Å²) in [5, 5.41) is 10.3. The number of halogens is 3. The van der Waals surface area contributed by atoms with Gasteiger partial charge in [0.05, 0.1) is 5.75 Å². The average molecular weight is 453 g/mol. The molecule has 162 valence electrons. The number of hydrogen-bond donors (Lipinski definition) is 1. The lowest BCUT2D eigenvalue weighted by molar-refractivity contribution is -0.286. The Morgan fingerprint density at radius 2 is 1.97 bits per heavy atom. The number of fused-ring (bicyclic) bond motifs is 1. The second-order valence-corrected chi connectivity index (χ2v) is 7.19. The molecule has 0 spiro atoms. The minimum Gasteiger partial charge on any atom is -0.478 e. The predicted molar refractivity (Wildman–Crippen MR) is 102 cm³/mol. The zero-order valence-corrected chi connectivity index (χ0v) is 16.6. The summed E-state index contributed by atoms with van der Waals surface area (Å²) >= 11 is 0.963. The van der Waals surface area contributed by atoms with Gasteiger partial charge in [-0.25, -0.2) is 4.39 Å². The van der Waals surface area contributed by atoms with Crippen LogP contribution in [0.1, 0.15) is 18.9 Å². The number of alkyl halides is 2. The van der Waals surface area contributed by atoms with Gasteiger partial charge in [-0.2, -0.15) is 0 Å². The number of ether oxygens (including phenoxy) is 3. The van der Waals surface area contributed by atoms with E-state index in [1.165, 1.54) is 36.4 Å². The number of amides is 1. The Balaban J connectivity index is 1.30. The Kier molecular flexibility index (Phi) is 5.63. The molecule has 0 unspecified atom stereocenters. The molecule has 0 saturated carbocycles. The summed E-state index contributed by atoms with van der Waals surface area (Å²) < 4.78 is 59.3. The standard InChI is InChI=1S/C19H14F3N3O5S/c1-10(27-13-5-3-2-4-12(13)20)17-24-25-18(28-17)31-9-16(26)23-11-6-7-14-15(8-11)30-19(21,22)29-14/h2-8,10H,9H2,1H3,(H,23,26)/t10-/m0/s1. The van der Waals surface area contributed by atoms with Gasteiger partial charge in [-0.3, -0.25) is 4.79 Å².